The molecule has 3 aliphatic rings. The van der Waals surface area contributed by atoms with Crippen molar-refractivity contribution in [3.63, 3.8) is 0 Å². The molecule has 26 heavy (non-hydrogen) atoms. The van der Waals surface area contributed by atoms with Crippen molar-refractivity contribution < 1.29 is 9.53 Å². The molecule has 1 aromatic heterocycles. The average Bonchev–Trinajstić information content (AvgIpc) is 3.17. The van der Waals surface area contributed by atoms with Crippen LogP contribution in [0, 0.1) is 0 Å². The van der Waals surface area contributed by atoms with Gasteiger partial charge in [0.25, 0.3) is 0 Å². The number of amides is 1. The van der Waals surface area contributed by atoms with Crippen LogP contribution in [-0.2, 0) is 17.6 Å². The second-order valence-electron chi connectivity index (χ2n) is 7.32. The van der Waals surface area contributed by atoms with Crippen molar-refractivity contribution in [2.45, 2.75) is 38.1 Å². The highest BCUT2D eigenvalue weighted by Gasteiger charge is 2.28. The summed E-state index contributed by atoms with van der Waals surface area (Å²) in [5.74, 6) is 0. The first-order valence-corrected chi connectivity index (χ1v) is 10.4. The maximum Gasteiger partial charge on any atom is 0.414 e. The van der Waals surface area contributed by atoms with Crippen molar-refractivity contribution in [1.29, 1.82) is 0 Å². The molecule has 0 radical (unpaired) electrons. The third-order valence-electron chi connectivity index (χ3n) is 5.82. The van der Waals surface area contributed by atoms with Crippen LogP contribution in [0.15, 0.2) is 24.3 Å². The second kappa shape index (κ2) is 6.67. The first-order valence-electron chi connectivity index (χ1n) is 9.55. The van der Waals surface area contributed by atoms with Crippen LogP contribution in [0.1, 0.15) is 29.8 Å². The molecular weight excluding hydrogens is 346 g/mol. The van der Waals surface area contributed by atoms with Gasteiger partial charge in [0.15, 0.2) is 0 Å². The van der Waals surface area contributed by atoms with Crippen molar-refractivity contribution in [2.75, 3.05) is 31.1 Å². The summed E-state index contributed by atoms with van der Waals surface area (Å²) in [6.45, 7) is 3.42. The predicted molar refractivity (Wildman–Crippen MR) is 103 cm³/mol. The molecule has 5 rings (SSSR count). The highest BCUT2D eigenvalue weighted by atomic mass is 32.1. The number of aromatic nitrogens is 1. The standard InChI is InChI=1S/C20H23N3O2S/c24-20-23(12-13-25-20)16-6-4-14(5-7-16)19-21-17-8-10-22(15-2-1-3-15)11-9-18(17)26-19/h4-7,15H,1-3,8-13H2. The Balaban J connectivity index is 1.32. The number of rotatable bonds is 3. The molecule has 1 saturated heterocycles. The number of nitrogens with zero attached hydrogens (tertiary/aromatic N) is 3. The molecule has 1 aromatic carbocycles. The molecule has 2 fully saturated rings. The lowest BCUT2D eigenvalue weighted by Gasteiger charge is -2.36. The van der Waals surface area contributed by atoms with Gasteiger partial charge in [-0.3, -0.25) is 9.80 Å². The third kappa shape index (κ3) is 2.91. The Labute approximate surface area is 157 Å². The summed E-state index contributed by atoms with van der Waals surface area (Å²) in [6.07, 6.45) is 6.10. The Bertz CT molecular complexity index is 787. The minimum Gasteiger partial charge on any atom is -0.447 e. The van der Waals surface area contributed by atoms with Crippen molar-refractivity contribution in [3.05, 3.63) is 34.8 Å². The van der Waals surface area contributed by atoms with Crippen LogP contribution in [0.2, 0.25) is 0 Å². The number of hydrogen-bond donors (Lipinski definition) is 0. The van der Waals surface area contributed by atoms with E-state index in [0.29, 0.717) is 13.2 Å². The molecule has 2 aromatic rings. The number of hydrogen-bond acceptors (Lipinski definition) is 5. The van der Waals surface area contributed by atoms with Gasteiger partial charge in [-0.05, 0) is 43.5 Å². The van der Waals surface area contributed by atoms with E-state index in [1.807, 2.05) is 23.5 Å². The summed E-state index contributed by atoms with van der Waals surface area (Å²) in [5, 5.41) is 1.10. The SMILES string of the molecule is O=C1OCCN1c1ccc(-c2nc3c(s2)CCN(C2CCC2)CC3)cc1. The highest BCUT2D eigenvalue weighted by Crippen LogP contribution is 2.33. The average molecular weight is 369 g/mol. The Morgan fingerprint density at radius 2 is 1.88 bits per heavy atom. The number of carbonyl (C=O) groups is 1. The van der Waals surface area contributed by atoms with E-state index in [1.165, 1.54) is 36.4 Å². The third-order valence-corrected chi connectivity index (χ3v) is 7.02. The predicted octanol–water partition coefficient (Wildman–Crippen LogP) is 3.72. The molecule has 1 amide bonds. The smallest absolute Gasteiger partial charge is 0.414 e. The van der Waals surface area contributed by atoms with Crippen LogP contribution >= 0.6 is 11.3 Å². The molecule has 0 spiro atoms. The molecule has 6 heteroatoms. The van der Waals surface area contributed by atoms with Crippen molar-refractivity contribution >= 4 is 23.1 Å². The molecule has 0 bridgehead atoms. The molecule has 1 aliphatic carbocycles. The van der Waals surface area contributed by atoms with E-state index in [2.05, 4.69) is 17.0 Å². The first kappa shape index (κ1) is 16.3. The molecule has 2 aliphatic heterocycles. The van der Waals surface area contributed by atoms with Crippen LogP contribution in [0.25, 0.3) is 10.6 Å². The minimum atomic E-state index is -0.255. The van der Waals surface area contributed by atoms with Gasteiger partial charge in [-0.1, -0.05) is 6.42 Å². The van der Waals surface area contributed by atoms with Gasteiger partial charge in [0.05, 0.1) is 12.2 Å². The van der Waals surface area contributed by atoms with Crippen LogP contribution in [0.5, 0.6) is 0 Å². The van der Waals surface area contributed by atoms with Gasteiger partial charge < -0.3 is 4.74 Å². The lowest BCUT2D eigenvalue weighted by atomic mass is 9.91. The largest absolute Gasteiger partial charge is 0.447 e. The molecule has 1 saturated carbocycles. The van der Waals surface area contributed by atoms with Gasteiger partial charge in [0, 0.05) is 41.7 Å². The van der Waals surface area contributed by atoms with Crippen molar-refractivity contribution in [1.82, 2.24) is 9.88 Å². The van der Waals surface area contributed by atoms with Crippen LogP contribution < -0.4 is 4.90 Å². The Hall–Kier alpha value is -1.92. The topological polar surface area (TPSA) is 45.7 Å². The molecule has 0 atom stereocenters. The fourth-order valence-electron chi connectivity index (χ4n) is 4.03. The zero-order chi connectivity index (χ0) is 17.5. The van der Waals surface area contributed by atoms with Gasteiger partial charge >= 0.3 is 6.09 Å². The maximum atomic E-state index is 11.7. The molecule has 136 valence electrons. The van der Waals surface area contributed by atoms with Gasteiger partial charge in [-0.25, -0.2) is 9.78 Å². The number of carbonyl (C=O) groups excluding carboxylic acids is 1. The van der Waals surface area contributed by atoms with E-state index < -0.39 is 0 Å². The lowest BCUT2D eigenvalue weighted by Crippen LogP contribution is -2.41. The van der Waals surface area contributed by atoms with E-state index in [-0.39, 0.29) is 6.09 Å². The molecular formula is C20H23N3O2S. The quantitative estimate of drug-likeness (QED) is 0.827. The summed E-state index contributed by atoms with van der Waals surface area (Å²) in [6, 6.07) is 8.95. The number of ether oxygens (including phenoxy) is 1. The Kier molecular flexibility index (Phi) is 4.17. The molecule has 0 N–H and O–H groups in total. The second-order valence-corrected chi connectivity index (χ2v) is 8.41. The highest BCUT2D eigenvalue weighted by molar-refractivity contribution is 7.15. The summed E-state index contributed by atoms with van der Waals surface area (Å²) in [4.78, 5) is 22.4. The summed E-state index contributed by atoms with van der Waals surface area (Å²) >= 11 is 1.84. The number of anilines is 1. The maximum absolute atomic E-state index is 11.7. The van der Waals surface area contributed by atoms with E-state index in [4.69, 9.17) is 9.72 Å². The van der Waals surface area contributed by atoms with Gasteiger partial charge in [-0.2, -0.15) is 0 Å². The van der Waals surface area contributed by atoms with Crippen molar-refractivity contribution in [3.8, 4) is 10.6 Å². The van der Waals surface area contributed by atoms with Gasteiger partial charge in [-0.15, -0.1) is 11.3 Å². The van der Waals surface area contributed by atoms with E-state index >= 15 is 0 Å². The normalized spacial score (nSPS) is 21.2. The molecule has 0 unspecified atom stereocenters. The van der Waals surface area contributed by atoms with E-state index in [9.17, 15) is 4.79 Å². The van der Waals surface area contributed by atoms with Crippen LogP contribution in [0.3, 0.4) is 0 Å². The van der Waals surface area contributed by atoms with Crippen LogP contribution in [-0.4, -0.2) is 48.3 Å². The number of benzene rings is 1. The Morgan fingerprint density at radius 1 is 1.08 bits per heavy atom. The van der Waals surface area contributed by atoms with E-state index in [0.717, 1.165) is 41.7 Å². The number of fused-ring (bicyclic) bond motifs is 1. The molecule has 3 heterocycles. The lowest BCUT2D eigenvalue weighted by molar-refractivity contribution is 0.133. The van der Waals surface area contributed by atoms with E-state index in [1.54, 1.807) is 4.90 Å². The summed E-state index contributed by atoms with van der Waals surface area (Å²) in [5.41, 5.74) is 3.32. The minimum absolute atomic E-state index is 0.255. The number of cyclic esters (lactones) is 1. The monoisotopic (exact) mass is 369 g/mol. The summed E-state index contributed by atoms with van der Waals surface area (Å²) < 4.78 is 5.01. The van der Waals surface area contributed by atoms with Crippen molar-refractivity contribution in [2.24, 2.45) is 0 Å². The van der Waals surface area contributed by atoms with Gasteiger partial charge in [0.2, 0.25) is 0 Å². The van der Waals surface area contributed by atoms with Gasteiger partial charge in [0.1, 0.15) is 11.6 Å². The fourth-order valence-corrected chi connectivity index (χ4v) is 5.13. The zero-order valence-corrected chi connectivity index (χ0v) is 15.6. The fraction of sp³-hybridized carbons (Fsp3) is 0.500. The zero-order valence-electron chi connectivity index (χ0n) is 14.8. The first-order chi connectivity index (χ1) is 12.8. The number of thiazole rings is 1. The summed E-state index contributed by atoms with van der Waals surface area (Å²) in [7, 11) is 0. The molecule has 5 nitrogen and oxygen atoms in total. The van der Waals surface area contributed by atoms with Crippen LogP contribution in [0.4, 0.5) is 10.5 Å². The Morgan fingerprint density at radius 3 is 2.58 bits per heavy atom.